The van der Waals surface area contributed by atoms with E-state index in [2.05, 4.69) is 40.3 Å². The van der Waals surface area contributed by atoms with E-state index in [1.807, 2.05) is 12.1 Å². The van der Waals surface area contributed by atoms with Crippen LogP contribution in [0.15, 0.2) is 29.6 Å². The fraction of sp³-hybridized carbons (Fsp3) is 0.471. The minimum Gasteiger partial charge on any atom is -0.378 e. The molecular weight excluding hydrogens is 332 g/mol. The number of hydrazone groups is 1. The van der Waals surface area contributed by atoms with Crippen molar-refractivity contribution in [3.05, 3.63) is 30.1 Å². The van der Waals surface area contributed by atoms with Crippen LogP contribution < -0.4 is 15.2 Å². The van der Waals surface area contributed by atoms with E-state index >= 15 is 0 Å². The lowest BCUT2D eigenvalue weighted by atomic mass is 10.3. The molecule has 0 saturated carbocycles. The van der Waals surface area contributed by atoms with Gasteiger partial charge in [0, 0.05) is 38.6 Å². The molecule has 0 atom stereocenters. The molecular formula is C17H22N8O. The van der Waals surface area contributed by atoms with Crippen LogP contribution in [0.2, 0.25) is 0 Å². The number of pyridine rings is 1. The quantitative estimate of drug-likeness (QED) is 0.631. The van der Waals surface area contributed by atoms with Gasteiger partial charge >= 0.3 is 0 Å². The molecule has 0 radical (unpaired) electrons. The Hall–Kier alpha value is -2.81. The number of rotatable bonds is 5. The van der Waals surface area contributed by atoms with E-state index in [4.69, 9.17) is 4.74 Å². The SMILES string of the molecule is C(=N\Nc1nc(N2CCCC2)nc(N2CCOCC2)n1)/c1ccncc1. The lowest BCUT2D eigenvalue weighted by Gasteiger charge is -2.27. The van der Waals surface area contributed by atoms with E-state index in [0.29, 0.717) is 31.1 Å². The highest BCUT2D eigenvalue weighted by atomic mass is 16.5. The lowest BCUT2D eigenvalue weighted by molar-refractivity contribution is 0.122. The number of morpholine rings is 1. The van der Waals surface area contributed by atoms with Crippen LogP contribution in [0.5, 0.6) is 0 Å². The van der Waals surface area contributed by atoms with Gasteiger partial charge in [-0.3, -0.25) is 4.98 Å². The molecule has 0 amide bonds. The summed E-state index contributed by atoms with van der Waals surface area (Å²) in [5.41, 5.74) is 3.89. The summed E-state index contributed by atoms with van der Waals surface area (Å²) in [4.78, 5) is 22.1. The molecule has 0 aliphatic carbocycles. The smallest absolute Gasteiger partial charge is 0.250 e. The van der Waals surface area contributed by atoms with Gasteiger partial charge in [-0.15, -0.1) is 0 Å². The van der Waals surface area contributed by atoms with Gasteiger partial charge in [0.25, 0.3) is 0 Å². The fourth-order valence-corrected chi connectivity index (χ4v) is 2.98. The third-order valence-corrected chi connectivity index (χ3v) is 4.38. The minimum atomic E-state index is 0.452. The number of nitrogens with zero attached hydrogens (tertiary/aromatic N) is 7. The summed E-state index contributed by atoms with van der Waals surface area (Å²) in [6.07, 6.45) is 7.51. The number of ether oxygens (including phenoxy) is 1. The van der Waals surface area contributed by atoms with E-state index in [1.54, 1.807) is 18.6 Å². The average molecular weight is 354 g/mol. The highest BCUT2D eigenvalue weighted by Crippen LogP contribution is 2.21. The Labute approximate surface area is 152 Å². The molecule has 2 aromatic heterocycles. The first-order valence-electron chi connectivity index (χ1n) is 8.91. The summed E-state index contributed by atoms with van der Waals surface area (Å²) in [6, 6.07) is 3.76. The van der Waals surface area contributed by atoms with Crippen LogP contribution in [0.25, 0.3) is 0 Å². The molecule has 2 aromatic rings. The standard InChI is InChI=1S/C17H22N8O/c1-2-8-24(7-1)16-20-15(23-19-13-14-3-5-18-6-4-14)21-17(22-16)25-9-11-26-12-10-25/h3-6,13H,1-2,7-12H2,(H,20,21,22,23)/b19-13+. The van der Waals surface area contributed by atoms with Gasteiger partial charge in [0.2, 0.25) is 17.8 Å². The Morgan fingerprint density at radius 1 is 0.923 bits per heavy atom. The van der Waals surface area contributed by atoms with Gasteiger partial charge in [0.05, 0.1) is 19.4 Å². The summed E-state index contributed by atoms with van der Waals surface area (Å²) >= 11 is 0. The maximum Gasteiger partial charge on any atom is 0.250 e. The molecule has 0 bridgehead atoms. The molecule has 136 valence electrons. The molecule has 9 nitrogen and oxygen atoms in total. The van der Waals surface area contributed by atoms with Crippen molar-refractivity contribution in [2.45, 2.75) is 12.8 Å². The van der Waals surface area contributed by atoms with Gasteiger partial charge in [-0.1, -0.05) is 0 Å². The molecule has 9 heteroatoms. The van der Waals surface area contributed by atoms with Crippen LogP contribution in [-0.4, -0.2) is 65.5 Å². The summed E-state index contributed by atoms with van der Waals surface area (Å²) in [5, 5.41) is 4.25. The molecule has 0 spiro atoms. The zero-order chi connectivity index (χ0) is 17.6. The van der Waals surface area contributed by atoms with Crippen molar-refractivity contribution in [1.29, 1.82) is 0 Å². The molecule has 2 aliphatic heterocycles. The zero-order valence-electron chi connectivity index (χ0n) is 14.6. The van der Waals surface area contributed by atoms with E-state index in [1.165, 1.54) is 12.8 Å². The molecule has 1 N–H and O–H groups in total. The van der Waals surface area contributed by atoms with Crippen molar-refractivity contribution < 1.29 is 4.74 Å². The number of nitrogens with one attached hydrogen (secondary N) is 1. The molecule has 4 rings (SSSR count). The average Bonchev–Trinajstić information content (AvgIpc) is 3.24. The Bertz CT molecular complexity index is 742. The van der Waals surface area contributed by atoms with E-state index < -0.39 is 0 Å². The van der Waals surface area contributed by atoms with Gasteiger partial charge < -0.3 is 14.5 Å². The predicted molar refractivity (Wildman–Crippen MR) is 99.8 cm³/mol. The topological polar surface area (TPSA) is 91.7 Å². The first kappa shape index (κ1) is 16.6. The van der Waals surface area contributed by atoms with Crippen molar-refractivity contribution in [3.8, 4) is 0 Å². The van der Waals surface area contributed by atoms with Crippen LogP contribution in [0, 0.1) is 0 Å². The Balaban J connectivity index is 1.55. The second-order valence-electron chi connectivity index (χ2n) is 6.20. The van der Waals surface area contributed by atoms with Crippen LogP contribution in [0.4, 0.5) is 17.8 Å². The second kappa shape index (κ2) is 8.05. The fourth-order valence-electron chi connectivity index (χ4n) is 2.98. The third kappa shape index (κ3) is 4.05. The monoisotopic (exact) mass is 354 g/mol. The summed E-state index contributed by atoms with van der Waals surface area (Å²) in [7, 11) is 0. The van der Waals surface area contributed by atoms with Crippen LogP contribution in [0.3, 0.4) is 0 Å². The van der Waals surface area contributed by atoms with E-state index in [-0.39, 0.29) is 0 Å². The Morgan fingerprint density at radius 3 is 2.27 bits per heavy atom. The van der Waals surface area contributed by atoms with Crippen LogP contribution in [-0.2, 0) is 4.74 Å². The van der Waals surface area contributed by atoms with Crippen molar-refractivity contribution in [3.63, 3.8) is 0 Å². The summed E-state index contributed by atoms with van der Waals surface area (Å²) in [6.45, 7) is 4.90. The van der Waals surface area contributed by atoms with Gasteiger partial charge in [-0.25, -0.2) is 5.43 Å². The first-order valence-corrected chi connectivity index (χ1v) is 8.91. The highest BCUT2D eigenvalue weighted by molar-refractivity contribution is 5.79. The Morgan fingerprint density at radius 2 is 1.58 bits per heavy atom. The number of hydrogen-bond acceptors (Lipinski definition) is 9. The maximum absolute atomic E-state index is 5.43. The largest absolute Gasteiger partial charge is 0.378 e. The summed E-state index contributed by atoms with van der Waals surface area (Å²) in [5.74, 6) is 1.83. The van der Waals surface area contributed by atoms with Crippen LogP contribution in [0.1, 0.15) is 18.4 Å². The van der Waals surface area contributed by atoms with Crippen molar-refractivity contribution >= 4 is 24.1 Å². The highest BCUT2D eigenvalue weighted by Gasteiger charge is 2.20. The molecule has 4 heterocycles. The summed E-state index contributed by atoms with van der Waals surface area (Å²) < 4.78 is 5.43. The van der Waals surface area contributed by atoms with E-state index in [9.17, 15) is 0 Å². The maximum atomic E-state index is 5.43. The molecule has 2 aliphatic rings. The number of anilines is 3. The van der Waals surface area contributed by atoms with Crippen molar-refractivity contribution in [2.75, 3.05) is 54.6 Å². The van der Waals surface area contributed by atoms with Gasteiger partial charge in [-0.2, -0.15) is 20.1 Å². The predicted octanol–water partition coefficient (Wildman–Crippen LogP) is 1.15. The first-order chi connectivity index (χ1) is 12.9. The van der Waals surface area contributed by atoms with Gasteiger partial charge in [-0.05, 0) is 30.5 Å². The van der Waals surface area contributed by atoms with Crippen molar-refractivity contribution in [2.24, 2.45) is 5.10 Å². The van der Waals surface area contributed by atoms with Gasteiger partial charge in [0.15, 0.2) is 0 Å². The lowest BCUT2D eigenvalue weighted by Crippen LogP contribution is -2.38. The molecule has 2 fully saturated rings. The minimum absolute atomic E-state index is 0.452. The van der Waals surface area contributed by atoms with Gasteiger partial charge in [0.1, 0.15) is 0 Å². The van der Waals surface area contributed by atoms with Crippen LogP contribution >= 0.6 is 0 Å². The number of hydrogen-bond donors (Lipinski definition) is 1. The molecule has 26 heavy (non-hydrogen) atoms. The van der Waals surface area contributed by atoms with E-state index in [0.717, 1.165) is 31.7 Å². The normalized spacial score (nSPS) is 17.8. The van der Waals surface area contributed by atoms with Crippen molar-refractivity contribution in [1.82, 2.24) is 19.9 Å². The molecule has 0 aromatic carbocycles. The third-order valence-electron chi connectivity index (χ3n) is 4.38. The Kier molecular flexibility index (Phi) is 5.15. The molecule has 2 saturated heterocycles. The number of aromatic nitrogens is 4. The molecule has 0 unspecified atom stereocenters. The second-order valence-corrected chi connectivity index (χ2v) is 6.20. The zero-order valence-corrected chi connectivity index (χ0v) is 14.6.